The second-order valence-corrected chi connectivity index (χ2v) is 6.36. The zero-order valence-electron chi connectivity index (χ0n) is 13.0. The minimum atomic E-state index is -0.145. The lowest BCUT2D eigenvalue weighted by atomic mass is 10.1. The van der Waals surface area contributed by atoms with Crippen LogP contribution in [0.2, 0.25) is 0 Å². The number of nitrogens with one attached hydrogen (secondary N) is 1. The molecule has 3 aromatic rings. The smallest absolute Gasteiger partial charge is 0.270 e. The molecular formula is C18H19N3OS. The third kappa shape index (κ3) is 3.93. The minimum absolute atomic E-state index is 0.145. The van der Waals surface area contributed by atoms with Gasteiger partial charge in [-0.25, -0.2) is 9.89 Å². The summed E-state index contributed by atoms with van der Waals surface area (Å²) in [5.74, 6) is 0.808. The fourth-order valence-electron chi connectivity index (χ4n) is 2.41. The van der Waals surface area contributed by atoms with E-state index in [9.17, 15) is 4.79 Å². The molecule has 0 amide bonds. The van der Waals surface area contributed by atoms with Gasteiger partial charge in [0.1, 0.15) is 0 Å². The van der Waals surface area contributed by atoms with Crippen LogP contribution in [-0.2, 0) is 18.7 Å². The van der Waals surface area contributed by atoms with Gasteiger partial charge < -0.3 is 0 Å². The van der Waals surface area contributed by atoms with Crippen molar-refractivity contribution in [2.45, 2.75) is 30.8 Å². The molecule has 0 aliphatic carbocycles. The van der Waals surface area contributed by atoms with Crippen molar-refractivity contribution in [3.05, 3.63) is 81.8 Å². The molecule has 0 atom stereocenters. The summed E-state index contributed by atoms with van der Waals surface area (Å²) >= 11 is 1.59. The van der Waals surface area contributed by atoms with E-state index in [1.807, 2.05) is 30.3 Å². The summed E-state index contributed by atoms with van der Waals surface area (Å²) in [4.78, 5) is 12.0. The van der Waals surface area contributed by atoms with E-state index in [4.69, 9.17) is 0 Å². The van der Waals surface area contributed by atoms with Crippen LogP contribution in [0, 0.1) is 6.92 Å². The van der Waals surface area contributed by atoms with Gasteiger partial charge in [-0.05, 0) is 30.0 Å². The third-order valence-electron chi connectivity index (χ3n) is 3.81. The van der Waals surface area contributed by atoms with Crippen molar-refractivity contribution in [3.8, 4) is 0 Å². The molecular weight excluding hydrogens is 306 g/mol. The molecule has 0 bridgehead atoms. The lowest BCUT2D eigenvalue weighted by molar-refractivity contribution is 0.616. The second kappa shape index (κ2) is 7.33. The molecule has 0 saturated carbocycles. The number of benzene rings is 2. The van der Waals surface area contributed by atoms with Crippen LogP contribution in [0.1, 0.15) is 16.7 Å². The van der Waals surface area contributed by atoms with Crippen LogP contribution in [0.25, 0.3) is 0 Å². The predicted octanol–water partition coefficient (Wildman–Crippen LogP) is 3.41. The Hall–Kier alpha value is -2.27. The maximum absolute atomic E-state index is 12.0. The number of hydrogen-bond acceptors (Lipinski definition) is 3. The first-order chi connectivity index (χ1) is 11.2. The third-order valence-corrected chi connectivity index (χ3v) is 4.83. The quantitative estimate of drug-likeness (QED) is 0.707. The molecule has 0 saturated heterocycles. The van der Waals surface area contributed by atoms with Gasteiger partial charge in [0.25, 0.3) is 0 Å². The molecule has 0 unspecified atom stereocenters. The zero-order valence-corrected chi connectivity index (χ0v) is 13.8. The van der Waals surface area contributed by atoms with Crippen molar-refractivity contribution in [1.29, 1.82) is 0 Å². The summed E-state index contributed by atoms with van der Waals surface area (Å²) in [6.07, 6.45) is 0.818. The number of nitrogens with zero attached hydrogens (tertiary/aromatic N) is 2. The van der Waals surface area contributed by atoms with Gasteiger partial charge in [-0.2, -0.15) is 0 Å². The van der Waals surface area contributed by atoms with E-state index in [1.165, 1.54) is 16.7 Å². The normalized spacial score (nSPS) is 10.8. The molecule has 23 heavy (non-hydrogen) atoms. The number of aromatic amines is 1. The molecule has 1 N–H and O–H groups in total. The van der Waals surface area contributed by atoms with Crippen LogP contribution >= 0.6 is 11.8 Å². The monoisotopic (exact) mass is 325 g/mol. The summed E-state index contributed by atoms with van der Waals surface area (Å²) in [6.45, 7) is 2.73. The Kier molecular flexibility index (Phi) is 4.98. The average Bonchev–Trinajstić information content (AvgIpc) is 2.93. The lowest BCUT2D eigenvalue weighted by Crippen LogP contribution is -2.18. The first-order valence-corrected chi connectivity index (χ1v) is 8.59. The highest BCUT2D eigenvalue weighted by atomic mass is 32.2. The highest BCUT2D eigenvalue weighted by molar-refractivity contribution is 7.98. The van der Waals surface area contributed by atoms with Gasteiger partial charge in [0, 0.05) is 12.3 Å². The van der Waals surface area contributed by atoms with Gasteiger partial charge in [-0.3, -0.25) is 4.57 Å². The Morgan fingerprint density at radius 1 is 1.09 bits per heavy atom. The van der Waals surface area contributed by atoms with Crippen molar-refractivity contribution in [1.82, 2.24) is 14.8 Å². The van der Waals surface area contributed by atoms with E-state index in [0.29, 0.717) is 6.54 Å². The Balaban J connectivity index is 1.69. The maximum Gasteiger partial charge on any atom is 0.343 e. The summed E-state index contributed by atoms with van der Waals surface area (Å²) in [6, 6.07) is 18.5. The van der Waals surface area contributed by atoms with Crippen molar-refractivity contribution in [3.63, 3.8) is 0 Å². The molecule has 0 aliphatic heterocycles. The van der Waals surface area contributed by atoms with Crippen molar-refractivity contribution < 1.29 is 0 Å². The molecule has 1 heterocycles. The minimum Gasteiger partial charge on any atom is -0.270 e. The first-order valence-electron chi connectivity index (χ1n) is 7.60. The Labute approximate surface area is 139 Å². The molecule has 0 aliphatic rings. The lowest BCUT2D eigenvalue weighted by Gasteiger charge is -2.07. The van der Waals surface area contributed by atoms with Crippen LogP contribution in [0.3, 0.4) is 0 Å². The standard InChI is InChI=1S/C18H19N3OS/c1-14-7-5-6-10-16(14)13-23-18-20-19-17(22)21(18)12-11-15-8-3-2-4-9-15/h2-10H,11-13H2,1H3,(H,19,22). The van der Waals surface area contributed by atoms with E-state index in [-0.39, 0.29) is 5.69 Å². The van der Waals surface area contributed by atoms with Gasteiger partial charge in [0.15, 0.2) is 5.16 Å². The van der Waals surface area contributed by atoms with Crippen LogP contribution in [0.4, 0.5) is 0 Å². The highest BCUT2D eigenvalue weighted by Crippen LogP contribution is 2.21. The van der Waals surface area contributed by atoms with Crippen molar-refractivity contribution in [2.75, 3.05) is 0 Å². The Morgan fingerprint density at radius 3 is 2.61 bits per heavy atom. The number of rotatable bonds is 6. The molecule has 0 spiro atoms. The number of thioether (sulfide) groups is 1. The Morgan fingerprint density at radius 2 is 1.83 bits per heavy atom. The molecule has 0 radical (unpaired) electrons. The van der Waals surface area contributed by atoms with Crippen LogP contribution in [0.15, 0.2) is 64.5 Å². The van der Waals surface area contributed by atoms with Crippen molar-refractivity contribution in [2.24, 2.45) is 0 Å². The SMILES string of the molecule is Cc1ccccc1CSc1n[nH]c(=O)n1CCc1ccccc1. The van der Waals surface area contributed by atoms with Crippen LogP contribution in [0.5, 0.6) is 0 Å². The van der Waals surface area contributed by atoms with E-state index in [0.717, 1.165) is 17.3 Å². The molecule has 3 rings (SSSR count). The fraction of sp³-hybridized carbons (Fsp3) is 0.222. The molecule has 118 valence electrons. The first kappa shape index (κ1) is 15.6. The van der Waals surface area contributed by atoms with E-state index in [2.05, 4.69) is 41.4 Å². The van der Waals surface area contributed by atoms with Crippen LogP contribution in [-0.4, -0.2) is 14.8 Å². The highest BCUT2D eigenvalue weighted by Gasteiger charge is 2.10. The molecule has 5 heteroatoms. The molecule has 2 aromatic carbocycles. The molecule has 4 nitrogen and oxygen atoms in total. The largest absolute Gasteiger partial charge is 0.343 e. The summed E-state index contributed by atoms with van der Waals surface area (Å²) in [7, 11) is 0. The summed E-state index contributed by atoms with van der Waals surface area (Å²) < 4.78 is 1.72. The summed E-state index contributed by atoms with van der Waals surface area (Å²) in [5, 5.41) is 7.47. The van der Waals surface area contributed by atoms with Gasteiger partial charge in [0.2, 0.25) is 0 Å². The Bertz CT molecular complexity index is 824. The molecule has 1 aromatic heterocycles. The number of aromatic nitrogens is 3. The van der Waals surface area contributed by atoms with Gasteiger partial charge in [-0.15, -0.1) is 5.10 Å². The zero-order chi connectivity index (χ0) is 16.1. The number of H-pyrrole nitrogens is 1. The fourth-order valence-corrected chi connectivity index (χ4v) is 3.46. The van der Waals surface area contributed by atoms with Crippen LogP contribution < -0.4 is 5.69 Å². The van der Waals surface area contributed by atoms with Gasteiger partial charge >= 0.3 is 5.69 Å². The van der Waals surface area contributed by atoms with E-state index >= 15 is 0 Å². The number of aryl methyl sites for hydroxylation is 2. The van der Waals surface area contributed by atoms with Gasteiger partial charge in [0.05, 0.1) is 0 Å². The van der Waals surface area contributed by atoms with Gasteiger partial charge in [-0.1, -0.05) is 66.4 Å². The van der Waals surface area contributed by atoms with Crippen molar-refractivity contribution >= 4 is 11.8 Å². The average molecular weight is 325 g/mol. The predicted molar refractivity (Wildman–Crippen MR) is 93.7 cm³/mol. The topological polar surface area (TPSA) is 50.7 Å². The van der Waals surface area contributed by atoms with E-state index in [1.54, 1.807) is 16.3 Å². The molecule has 0 fully saturated rings. The van der Waals surface area contributed by atoms with E-state index < -0.39 is 0 Å². The summed E-state index contributed by atoms with van der Waals surface area (Å²) in [5.41, 5.74) is 3.60. The number of hydrogen-bond donors (Lipinski definition) is 1. The second-order valence-electron chi connectivity index (χ2n) is 5.41. The maximum atomic E-state index is 12.0.